The van der Waals surface area contributed by atoms with Crippen LogP contribution >= 0.6 is 0 Å². The Labute approximate surface area is 68.3 Å². The van der Waals surface area contributed by atoms with Crippen molar-refractivity contribution in [3.8, 4) is 0 Å². The van der Waals surface area contributed by atoms with Crippen LogP contribution in [-0.2, 0) is 0 Å². The van der Waals surface area contributed by atoms with E-state index in [9.17, 15) is 0 Å². The zero-order valence-corrected chi connectivity index (χ0v) is 17.0. The minimum Gasteiger partial charge on any atom is -0.00934 e. The van der Waals surface area contributed by atoms with Crippen LogP contribution in [0.25, 0.3) is 0 Å². The van der Waals surface area contributed by atoms with Crippen LogP contribution in [-0.4, -0.2) is 68.4 Å². The van der Waals surface area contributed by atoms with Gasteiger partial charge in [-0.25, -0.2) is 0 Å². The minimum absolute atomic E-state index is 0.944. The molecule has 0 aromatic carbocycles. The van der Waals surface area contributed by atoms with Gasteiger partial charge in [0.05, 0.1) is 0 Å². The topological polar surface area (TPSA) is 0 Å². The fraction of sp³-hybridized carbons (Fsp3) is 0. The average Bonchev–Trinajstić information content (AvgIpc) is 1.62. The van der Waals surface area contributed by atoms with Gasteiger partial charge in [-0.3, -0.25) is 0 Å². The molecular weight excluding hydrogens is 225 g/mol. The highest BCUT2D eigenvalue weighted by Gasteiger charge is 2.00. The lowest BCUT2D eigenvalue weighted by Gasteiger charge is -2.01. The lowest BCUT2D eigenvalue weighted by atomic mass is 26.1. The van der Waals surface area contributed by atoms with E-state index >= 15 is 0 Å². The fourth-order valence-corrected chi connectivity index (χ4v) is 344. The van der Waals surface area contributed by atoms with Gasteiger partial charge in [0.25, 0.3) is 0 Å². The summed E-state index contributed by atoms with van der Waals surface area (Å²) in [6, 6.07) is 0. The second kappa shape index (κ2) is 5.51. The second-order valence-electron chi connectivity index (χ2n) is 2.83. The molecule has 0 unspecified atom stereocenters. The molecule has 1 aliphatic heterocycles. The number of rotatable bonds is 0. The number of hydrogen-bond acceptors (Lipinski definition) is 0. The molecule has 0 N–H and O–H groups in total. The van der Waals surface area contributed by atoms with Crippen molar-refractivity contribution < 1.29 is 0 Å². The summed E-state index contributed by atoms with van der Waals surface area (Å²) < 4.78 is 0. The highest BCUT2D eigenvalue weighted by atomic mass is 30.1. The maximum Gasteiger partial charge on any atom is -0.00934 e. The highest BCUT2D eigenvalue weighted by molar-refractivity contribution is 7.76. The Bertz CT molecular complexity index is 24.0. The molecule has 1 fully saturated rings. The molecule has 0 radical (unpaired) electrons. The first kappa shape index (κ1) is 7.84. The summed E-state index contributed by atoms with van der Waals surface area (Å²) in [4.78, 5) is 0. The highest BCUT2D eigenvalue weighted by Crippen LogP contribution is 1.62. The van der Waals surface area contributed by atoms with Crippen molar-refractivity contribution >= 4 is 68.4 Å². The zero-order valence-electron chi connectivity index (χ0n) is 5.66. The van der Waals surface area contributed by atoms with E-state index in [0.717, 1.165) is 68.4 Å². The zero-order chi connectivity index (χ0) is 5.66. The molecule has 1 aliphatic rings. The minimum atomic E-state index is 0.944. The molecule has 0 nitrogen and oxygen atoms in total. The van der Waals surface area contributed by atoms with Gasteiger partial charge in [-0.2, -0.15) is 0 Å². The van der Waals surface area contributed by atoms with E-state index in [4.69, 9.17) is 0 Å². The van der Waals surface area contributed by atoms with Crippen molar-refractivity contribution in [1.82, 2.24) is 0 Å². The van der Waals surface area contributed by atoms with Crippen LogP contribution in [0.3, 0.4) is 0 Å². The molecule has 0 amide bonds. The van der Waals surface area contributed by atoms with Crippen molar-refractivity contribution in [2.45, 2.75) is 0 Å². The first-order chi connectivity index (χ1) is 4.00. The predicted octanol–water partition coefficient (Wildman–Crippen LogP) is -7.33. The third-order valence-electron chi connectivity index (χ3n) is 2.00. The molecule has 1 rings (SSSR count). The third-order valence-corrected chi connectivity index (χ3v) is 162. The van der Waals surface area contributed by atoms with E-state index in [1.807, 2.05) is 0 Å². The van der Waals surface area contributed by atoms with E-state index in [1.54, 1.807) is 0 Å². The summed E-state index contributed by atoms with van der Waals surface area (Å²) in [6.07, 6.45) is 0. The monoisotopic (exact) mass is 240 g/mol. The van der Waals surface area contributed by atoms with E-state index in [1.165, 1.54) is 0 Å². The van der Waals surface area contributed by atoms with E-state index < -0.39 is 0 Å². The molecule has 0 saturated carbocycles. The molecule has 8 heteroatoms. The van der Waals surface area contributed by atoms with Gasteiger partial charge in [-0.15, -0.1) is 0 Å². The summed E-state index contributed by atoms with van der Waals surface area (Å²) in [5, 5.41) is 0. The molecule has 0 aromatic heterocycles. The standard InChI is InChI=1S/H16Si8/c1-2-4-6-8-7-5-3-1/h1-8H2. The van der Waals surface area contributed by atoms with Crippen LogP contribution in [0.5, 0.6) is 0 Å². The summed E-state index contributed by atoms with van der Waals surface area (Å²) in [5.41, 5.74) is 0. The Morgan fingerprint density at radius 3 is 0.500 bits per heavy atom. The van der Waals surface area contributed by atoms with Crippen molar-refractivity contribution in [1.29, 1.82) is 0 Å². The largest absolute Gasteiger partial charge is 0.00934 e. The van der Waals surface area contributed by atoms with E-state index in [2.05, 4.69) is 0 Å². The summed E-state index contributed by atoms with van der Waals surface area (Å²) in [6.45, 7) is 0. The summed E-state index contributed by atoms with van der Waals surface area (Å²) in [5.74, 6) is 0. The molecule has 0 atom stereocenters. The fourth-order valence-electron chi connectivity index (χ4n) is 1.41. The molecular formula is H16Si8. The molecule has 0 aliphatic carbocycles. The Morgan fingerprint density at radius 1 is 0.250 bits per heavy atom. The Morgan fingerprint density at radius 2 is 0.375 bits per heavy atom. The average molecular weight is 241 g/mol. The molecule has 0 aromatic rings. The second-order valence-corrected chi connectivity index (χ2v) is 76.4. The van der Waals surface area contributed by atoms with Crippen LogP contribution in [0.2, 0.25) is 0 Å². The van der Waals surface area contributed by atoms with Crippen LogP contribution < -0.4 is 0 Å². The number of hydrogen-bond donors (Lipinski definition) is 0. The van der Waals surface area contributed by atoms with Crippen molar-refractivity contribution in [3.05, 3.63) is 0 Å². The lowest BCUT2D eigenvalue weighted by Crippen LogP contribution is -2.38. The SMILES string of the molecule is [SiH2]1[SiH2][SiH2][SiH2][SiH2][SiH2][SiH2][SiH2]1. The lowest BCUT2D eigenvalue weighted by molar-refractivity contribution is 3.75. The summed E-state index contributed by atoms with van der Waals surface area (Å²) >= 11 is 0. The molecule has 8 heavy (non-hydrogen) atoms. The molecule has 0 bridgehead atoms. The van der Waals surface area contributed by atoms with Gasteiger partial charge in [0, 0.05) is 0 Å². The molecule has 1 heterocycles. The maximum absolute atomic E-state index is 0.944. The van der Waals surface area contributed by atoms with Gasteiger partial charge in [-0.1, -0.05) is 0 Å². The van der Waals surface area contributed by atoms with Gasteiger partial charge in [0.1, 0.15) is 0 Å². The maximum atomic E-state index is 0.944. The van der Waals surface area contributed by atoms with Crippen LogP contribution in [0.15, 0.2) is 0 Å². The Balaban J connectivity index is 2.00. The van der Waals surface area contributed by atoms with E-state index in [-0.39, 0.29) is 0 Å². The predicted molar refractivity (Wildman–Crippen MR) is 68.4 cm³/mol. The Hall–Kier alpha value is 1.74. The van der Waals surface area contributed by atoms with Crippen LogP contribution in [0, 0.1) is 0 Å². The van der Waals surface area contributed by atoms with Gasteiger partial charge in [0.15, 0.2) is 0 Å². The van der Waals surface area contributed by atoms with Crippen molar-refractivity contribution in [2.75, 3.05) is 0 Å². The third kappa shape index (κ3) is 3.70. The molecule has 1 saturated heterocycles. The van der Waals surface area contributed by atoms with Crippen molar-refractivity contribution in [2.24, 2.45) is 0 Å². The first-order valence-electron chi connectivity index (χ1n) is 4.00. The van der Waals surface area contributed by atoms with Crippen molar-refractivity contribution in [3.63, 3.8) is 0 Å². The summed E-state index contributed by atoms with van der Waals surface area (Å²) in [7, 11) is 7.56. The van der Waals surface area contributed by atoms with Gasteiger partial charge >= 0.3 is 0 Å². The van der Waals surface area contributed by atoms with Gasteiger partial charge in [-0.05, 0) is 68.4 Å². The smallest absolute Gasteiger partial charge is 0.00934 e. The van der Waals surface area contributed by atoms with Gasteiger partial charge < -0.3 is 0 Å². The molecule has 48 valence electrons. The van der Waals surface area contributed by atoms with Gasteiger partial charge in [0.2, 0.25) is 0 Å². The normalized spacial score (nSPS) is 48.0. The first-order valence-corrected chi connectivity index (χ1v) is 36.0. The van der Waals surface area contributed by atoms with E-state index in [0.29, 0.717) is 0 Å². The molecule has 0 spiro atoms. The van der Waals surface area contributed by atoms with Crippen LogP contribution in [0.4, 0.5) is 0 Å². The Kier molecular flexibility index (Phi) is 5.40. The van der Waals surface area contributed by atoms with Crippen LogP contribution in [0.1, 0.15) is 0 Å². The quantitative estimate of drug-likeness (QED) is 0.369.